The quantitative estimate of drug-likeness (QED) is 0.846. The number of benzene rings is 1. The van der Waals surface area contributed by atoms with Gasteiger partial charge in [0.15, 0.2) is 0 Å². The Morgan fingerprint density at radius 1 is 1.26 bits per heavy atom. The topological polar surface area (TPSA) is 38.5 Å². The molecule has 0 aromatic heterocycles. The molecule has 2 aliphatic rings. The van der Waals surface area contributed by atoms with E-state index >= 15 is 0 Å². The predicted octanol–water partition coefficient (Wildman–Crippen LogP) is 3.07. The van der Waals surface area contributed by atoms with E-state index in [0.717, 1.165) is 30.4 Å². The van der Waals surface area contributed by atoms with Gasteiger partial charge in [0.2, 0.25) is 0 Å². The van der Waals surface area contributed by atoms with E-state index in [-0.39, 0.29) is 0 Å². The van der Waals surface area contributed by atoms with Crippen LogP contribution >= 0.6 is 11.6 Å². The van der Waals surface area contributed by atoms with Gasteiger partial charge < -0.3 is 10.5 Å². The standard InChI is InChI=1S/C15H21ClN2O/c16-12-7-11(8-13(17)9-12)10-18-5-6-19-15-4-2-1-3-14(15)18/h7-9,14-15H,1-6,10,17H2. The average molecular weight is 281 g/mol. The highest BCUT2D eigenvalue weighted by Gasteiger charge is 2.33. The number of rotatable bonds is 2. The second kappa shape index (κ2) is 5.70. The van der Waals surface area contributed by atoms with E-state index < -0.39 is 0 Å². The van der Waals surface area contributed by atoms with Gasteiger partial charge in [0.1, 0.15) is 0 Å². The molecule has 1 aromatic rings. The van der Waals surface area contributed by atoms with Crippen molar-refractivity contribution >= 4 is 17.3 Å². The fourth-order valence-corrected chi connectivity index (χ4v) is 3.64. The molecule has 3 nitrogen and oxygen atoms in total. The van der Waals surface area contributed by atoms with Crippen LogP contribution in [0.4, 0.5) is 5.69 Å². The van der Waals surface area contributed by atoms with Crippen LogP contribution in [-0.4, -0.2) is 30.2 Å². The molecule has 0 amide bonds. The Morgan fingerprint density at radius 3 is 2.95 bits per heavy atom. The monoisotopic (exact) mass is 280 g/mol. The first-order valence-electron chi connectivity index (χ1n) is 7.13. The molecule has 0 spiro atoms. The molecular formula is C15H21ClN2O. The van der Waals surface area contributed by atoms with Crippen molar-refractivity contribution in [1.82, 2.24) is 4.90 Å². The Kier molecular flexibility index (Phi) is 3.96. The van der Waals surface area contributed by atoms with E-state index in [2.05, 4.69) is 4.90 Å². The molecule has 2 unspecified atom stereocenters. The predicted molar refractivity (Wildman–Crippen MR) is 78.3 cm³/mol. The molecule has 0 bridgehead atoms. The van der Waals surface area contributed by atoms with Gasteiger partial charge in [-0.1, -0.05) is 24.4 Å². The minimum absolute atomic E-state index is 0.430. The van der Waals surface area contributed by atoms with E-state index in [4.69, 9.17) is 22.1 Å². The van der Waals surface area contributed by atoms with Gasteiger partial charge in [-0.3, -0.25) is 4.90 Å². The molecular weight excluding hydrogens is 260 g/mol. The Bertz CT molecular complexity index is 430. The van der Waals surface area contributed by atoms with Crippen LogP contribution < -0.4 is 5.73 Å². The molecule has 3 rings (SSSR count). The summed E-state index contributed by atoms with van der Waals surface area (Å²) < 4.78 is 5.90. The van der Waals surface area contributed by atoms with Crippen molar-refractivity contribution in [2.45, 2.75) is 44.4 Å². The molecule has 19 heavy (non-hydrogen) atoms. The molecule has 1 heterocycles. The van der Waals surface area contributed by atoms with E-state index in [0.29, 0.717) is 12.1 Å². The summed E-state index contributed by atoms with van der Waals surface area (Å²) in [6.45, 7) is 2.78. The summed E-state index contributed by atoms with van der Waals surface area (Å²) in [5, 5.41) is 0.725. The first kappa shape index (κ1) is 13.2. The SMILES string of the molecule is Nc1cc(Cl)cc(CN2CCOC3CCCCC32)c1. The van der Waals surface area contributed by atoms with Crippen molar-refractivity contribution in [3.05, 3.63) is 28.8 Å². The van der Waals surface area contributed by atoms with Crippen molar-refractivity contribution in [2.24, 2.45) is 0 Å². The minimum atomic E-state index is 0.430. The van der Waals surface area contributed by atoms with Gasteiger partial charge >= 0.3 is 0 Å². The fourth-order valence-electron chi connectivity index (χ4n) is 3.37. The molecule has 104 valence electrons. The van der Waals surface area contributed by atoms with E-state index in [1.807, 2.05) is 12.1 Å². The van der Waals surface area contributed by atoms with Crippen molar-refractivity contribution in [1.29, 1.82) is 0 Å². The second-order valence-electron chi connectivity index (χ2n) is 5.62. The molecule has 1 saturated heterocycles. The summed E-state index contributed by atoms with van der Waals surface area (Å²) >= 11 is 6.08. The van der Waals surface area contributed by atoms with Gasteiger partial charge in [0.05, 0.1) is 12.7 Å². The highest BCUT2D eigenvalue weighted by molar-refractivity contribution is 6.30. The number of nitrogen functional groups attached to an aromatic ring is 1. The van der Waals surface area contributed by atoms with Gasteiger partial charge in [0.25, 0.3) is 0 Å². The molecule has 0 radical (unpaired) electrons. The Morgan fingerprint density at radius 2 is 2.11 bits per heavy atom. The minimum Gasteiger partial charge on any atom is -0.399 e. The van der Waals surface area contributed by atoms with Crippen molar-refractivity contribution in [3.63, 3.8) is 0 Å². The third-order valence-electron chi connectivity index (χ3n) is 4.21. The molecule has 1 aromatic carbocycles. The van der Waals surface area contributed by atoms with E-state index in [1.54, 1.807) is 6.07 Å². The Hall–Kier alpha value is -0.770. The molecule has 1 aliphatic carbocycles. The Balaban J connectivity index is 1.74. The molecule has 2 fully saturated rings. The maximum atomic E-state index is 6.08. The number of hydrogen-bond acceptors (Lipinski definition) is 3. The lowest BCUT2D eigenvalue weighted by Gasteiger charge is -2.43. The largest absolute Gasteiger partial charge is 0.399 e. The molecule has 2 N–H and O–H groups in total. The third-order valence-corrected chi connectivity index (χ3v) is 4.43. The molecule has 4 heteroatoms. The second-order valence-corrected chi connectivity index (χ2v) is 6.06. The third kappa shape index (κ3) is 3.04. The van der Waals surface area contributed by atoms with Gasteiger partial charge in [-0.15, -0.1) is 0 Å². The van der Waals surface area contributed by atoms with Crippen molar-refractivity contribution in [3.8, 4) is 0 Å². The summed E-state index contributed by atoms with van der Waals surface area (Å²) in [5.41, 5.74) is 7.82. The average Bonchev–Trinajstić information content (AvgIpc) is 2.38. The van der Waals surface area contributed by atoms with Gasteiger partial charge in [-0.05, 0) is 36.6 Å². The summed E-state index contributed by atoms with van der Waals surface area (Å²) in [6, 6.07) is 6.42. The highest BCUT2D eigenvalue weighted by atomic mass is 35.5. The van der Waals surface area contributed by atoms with Crippen LogP contribution in [0.2, 0.25) is 5.02 Å². The zero-order valence-corrected chi connectivity index (χ0v) is 11.9. The van der Waals surface area contributed by atoms with Crippen LogP contribution in [-0.2, 0) is 11.3 Å². The van der Waals surface area contributed by atoms with Crippen molar-refractivity contribution in [2.75, 3.05) is 18.9 Å². The number of fused-ring (bicyclic) bond motifs is 1. The normalized spacial score (nSPS) is 28.1. The Labute approximate surface area is 119 Å². The first-order chi connectivity index (χ1) is 9.22. The van der Waals surface area contributed by atoms with Gasteiger partial charge in [0, 0.05) is 29.8 Å². The van der Waals surface area contributed by atoms with E-state index in [9.17, 15) is 0 Å². The zero-order valence-electron chi connectivity index (χ0n) is 11.1. The molecule has 1 aliphatic heterocycles. The smallest absolute Gasteiger partial charge is 0.0731 e. The number of nitrogens with two attached hydrogens (primary N) is 1. The summed E-state index contributed by atoms with van der Waals surface area (Å²) in [7, 11) is 0. The van der Waals surface area contributed by atoms with Crippen LogP contribution in [0, 0.1) is 0 Å². The van der Waals surface area contributed by atoms with Crippen LogP contribution in [0.5, 0.6) is 0 Å². The lowest BCUT2D eigenvalue weighted by Crippen LogP contribution is -2.52. The van der Waals surface area contributed by atoms with E-state index in [1.165, 1.54) is 31.2 Å². The maximum absolute atomic E-state index is 6.08. The molecule has 2 atom stereocenters. The fraction of sp³-hybridized carbons (Fsp3) is 0.600. The van der Waals surface area contributed by atoms with Crippen LogP contribution in [0.25, 0.3) is 0 Å². The number of ether oxygens (including phenoxy) is 1. The number of hydrogen-bond donors (Lipinski definition) is 1. The number of anilines is 1. The lowest BCUT2D eigenvalue weighted by molar-refractivity contribution is -0.0911. The van der Waals surface area contributed by atoms with Crippen LogP contribution in [0.1, 0.15) is 31.2 Å². The summed E-state index contributed by atoms with van der Waals surface area (Å²) in [6.07, 6.45) is 5.51. The van der Waals surface area contributed by atoms with Crippen LogP contribution in [0.15, 0.2) is 18.2 Å². The van der Waals surface area contributed by atoms with Crippen LogP contribution in [0.3, 0.4) is 0 Å². The number of morpholine rings is 1. The zero-order chi connectivity index (χ0) is 13.2. The number of nitrogens with zero attached hydrogens (tertiary/aromatic N) is 1. The van der Waals surface area contributed by atoms with Gasteiger partial charge in [-0.25, -0.2) is 0 Å². The van der Waals surface area contributed by atoms with Gasteiger partial charge in [-0.2, -0.15) is 0 Å². The highest BCUT2D eigenvalue weighted by Crippen LogP contribution is 2.30. The molecule has 1 saturated carbocycles. The lowest BCUT2D eigenvalue weighted by atomic mass is 9.90. The first-order valence-corrected chi connectivity index (χ1v) is 7.51. The summed E-state index contributed by atoms with van der Waals surface area (Å²) in [4.78, 5) is 2.54. The number of halogens is 1. The van der Waals surface area contributed by atoms with Crippen molar-refractivity contribution < 1.29 is 4.74 Å². The maximum Gasteiger partial charge on any atom is 0.0731 e. The summed E-state index contributed by atoms with van der Waals surface area (Å²) in [5.74, 6) is 0.